The van der Waals surface area contributed by atoms with E-state index < -0.39 is 94.9 Å². The Bertz CT molecular complexity index is 6020. The molecule has 3 aliphatic heterocycles. The lowest BCUT2D eigenvalue weighted by molar-refractivity contribution is -0.0549. The van der Waals surface area contributed by atoms with Crippen LogP contribution in [0.5, 0.6) is 0 Å². The summed E-state index contributed by atoms with van der Waals surface area (Å²) >= 11 is 21.8. The molecule has 3 unspecified atom stereocenters. The average Bonchev–Trinajstić information content (AvgIpc) is 1.63. The Hall–Kier alpha value is 3.43. The van der Waals surface area contributed by atoms with Gasteiger partial charge in [-0.25, -0.2) is 24.0 Å². The summed E-state index contributed by atoms with van der Waals surface area (Å²) < 4.78 is 34.9. The molecule has 3 amide bonds. The van der Waals surface area contributed by atoms with E-state index in [1.165, 1.54) is 74.0 Å². The van der Waals surface area contributed by atoms with Crippen LogP contribution < -0.4 is 33.5 Å². The molecule has 7 N–H and O–H groups in total. The number of aromatic nitrogens is 6. The van der Waals surface area contributed by atoms with Gasteiger partial charge in [-0.3, -0.25) is 29.2 Å². The van der Waals surface area contributed by atoms with Crippen LogP contribution in [0.25, 0.3) is 0 Å². The highest BCUT2D eigenvalue weighted by atomic mass is 35.5. The van der Waals surface area contributed by atoms with Crippen LogP contribution in [0.2, 0.25) is 36.3 Å². The quantitative estimate of drug-likeness (QED) is 0.0379. The minimum absolute atomic E-state index is 0. The summed E-state index contributed by atoms with van der Waals surface area (Å²) in [5.74, 6) is 0.548. The molecule has 0 spiro atoms. The first-order valence-electron chi connectivity index (χ1n) is 33.9. The molecule has 6 heterocycles. The van der Waals surface area contributed by atoms with Gasteiger partial charge >= 0.3 is 34.6 Å². The predicted octanol–water partition coefficient (Wildman–Crippen LogP) is 6.31. The highest BCUT2D eigenvalue weighted by Gasteiger charge is 2.51. The van der Waals surface area contributed by atoms with Crippen LogP contribution in [0.3, 0.4) is 0 Å². The predicted molar refractivity (Wildman–Crippen MR) is 626 cm³/mol. The van der Waals surface area contributed by atoms with Crippen molar-refractivity contribution in [3.63, 3.8) is 0 Å². The second kappa shape index (κ2) is 74.4. The maximum absolute atomic E-state index is 12.8. The van der Waals surface area contributed by atoms with Crippen molar-refractivity contribution in [3.8, 4) is 0 Å². The number of nitrogens with one attached hydrogen (secondary N) is 3. The van der Waals surface area contributed by atoms with Crippen molar-refractivity contribution in [2.45, 2.75) is 187 Å². The molecule has 12 atom stereocenters. The van der Waals surface area contributed by atoms with Crippen molar-refractivity contribution in [2.24, 2.45) is 11.8 Å². The maximum atomic E-state index is 12.8. The van der Waals surface area contributed by atoms with Gasteiger partial charge in [0.05, 0.1) is 31.0 Å². The van der Waals surface area contributed by atoms with E-state index in [0.717, 1.165) is 17.4 Å². The number of ether oxygens (including phenoxy) is 3. The largest absolute Gasteiger partial charge is 0.433 e. The molecule has 126 heavy (non-hydrogen) atoms. The van der Waals surface area contributed by atoms with Crippen LogP contribution in [-0.4, -0.2) is 190 Å². The summed E-state index contributed by atoms with van der Waals surface area (Å²) in [6.07, 6.45) is -1.55. The standard InChI is InChI=1S/C20H36N4O5Si.C17H31N3O4Si.C12H18N4O7.C3H6ClNO.CH4.S39.S2/c1-10-14-13(2)16(29-30(8,9)20(3,4)5)17(27-14)24-12-11-15(21-18(24)25)22-28-19(26)23(6)7;1-8-12-11(2)14(24-25(6,7)17(3,4)5)15(23-12)20-10-9-13(19-22)18-16(20)21;1-15(2)12(21)23-14-7-3-4-16(11(20)13-7)10-9(19)8(18)6(5-17)22-10;1-5(2)3(4)6;;1-3-5-7-9-11-13-15-17-19-21-23-25-27-29-31-33-35-37-39-38-36-34-32-30-28-26-24-22-20-18-16-14-12-10-8-6-4-2;1-2/h11-14,16-17H,10H2,1-9H3,(H,21,22,25);9-12,14-15,22H,8H2,1-7H3,(H,18,19,21);3-4,6,8-10,17-19H,5H2,1-2H3,(H,13,14,20);1-2H3;1H4;;/t13?,14-,16+,17-;11?,12-,14+,15-;6-,8?,9+,10-;;;;/m111..../s1. The van der Waals surface area contributed by atoms with Crippen molar-refractivity contribution >= 4 is 437 Å². The Morgan fingerprint density at radius 3 is 0.905 bits per heavy atom. The van der Waals surface area contributed by atoms with Crippen LogP contribution in [-0.2, 0) is 406 Å². The highest BCUT2D eigenvalue weighted by molar-refractivity contribution is 8.81. The third kappa shape index (κ3) is 52.8. The van der Waals surface area contributed by atoms with Crippen molar-refractivity contribution in [1.82, 2.24) is 43.4 Å². The fourth-order valence-corrected chi connectivity index (χ4v) is 107. The number of rotatable bonds is 15. The number of aliphatic hydroxyl groups is 3. The molecule has 0 bridgehead atoms. The van der Waals surface area contributed by atoms with E-state index in [1.54, 1.807) is 153 Å². The van der Waals surface area contributed by atoms with Gasteiger partial charge in [-0.2, -0.15) is 25.9 Å². The first kappa shape index (κ1) is 129. The van der Waals surface area contributed by atoms with Gasteiger partial charge in [-0.05, 0) is 66.8 Å². The molecule has 3 aromatic heterocycles. The van der Waals surface area contributed by atoms with Crippen LogP contribution in [0.15, 0.2) is 51.2 Å². The molecular formula is C53H95ClN12O17S41Si2. The van der Waals surface area contributed by atoms with Gasteiger partial charge in [-0.15, -0.1) is 0 Å². The average molecular weight is 2580 g/mol. The van der Waals surface area contributed by atoms with Crippen LogP contribution >= 0.6 is 11.6 Å². The first-order chi connectivity index (χ1) is 59.2. The number of hydrogen-bond acceptors (Lipinski definition) is 27. The Labute approximate surface area is 865 Å². The number of carbonyl (C=O) groups excluding carboxylic acids is 3. The first-order valence-corrected chi connectivity index (χ1v) is 92.1. The van der Waals surface area contributed by atoms with Gasteiger partial charge in [0.25, 0.3) is 0 Å². The maximum Gasteiger partial charge on any atom is 0.433 e. The monoisotopic (exact) mass is 2570 g/mol. The fourth-order valence-electron chi connectivity index (χ4n) is 8.33. The molecule has 3 saturated heterocycles. The van der Waals surface area contributed by atoms with E-state index in [0.29, 0.717) is 0 Å². The highest BCUT2D eigenvalue weighted by Crippen LogP contribution is 2.46. The topological polar surface area (TPSA) is 347 Å². The Morgan fingerprint density at radius 1 is 0.460 bits per heavy atom. The zero-order valence-corrected chi connectivity index (χ0v) is 105. The summed E-state index contributed by atoms with van der Waals surface area (Å²) in [4.78, 5) is 94.4. The van der Waals surface area contributed by atoms with Crippen molar-refractivity contribution in [3.05, 3.63) is 68.2 Å². The molecule has 0 radical (unpaired) electrons. The lowest BCUT2D eigenvalue weighted by Gasteiger charge is -2.40. The van der Waals surface area contributed by atoms with Gasteiger partial charge < -0.3 is 62.8 Å². The molecular weight excluding hydrogens is 2480 g/mol. The SMILES string of the molecule is C.CC[C@H]1O[C@@H](n2ccc(NO)nc2=O)[C@@H](O[Si](C)(C)C(C)(C)C)C1C.CC[C@H]1O[C@@H](n2ccc(NOC(=O)N(C)C)nc2=O)[C@@H](O[Si](C)(C)C(C)(C)C)C1C.CN(C)C(=O)Cl.CN(C)C(=O)ONc1ccn([C@@H]2O[C@H](CO)C(O)[C@@H]2O)c(=O)n1.S=S.S=S=S=S=S=S=S=S=S=S=S=S=S=S=S=S=S=S=S=S=S=S=S=S=S=S=S=S=S=S=S=S=S=S=S=S=S=S=S. The number of nitrogens with zero attached hydrogens (tertiary/aromatic N) is 9. The minimum atomic E-state index is -2.08. The number of amides is 3. The zero-order chi connectivity index (χ0) is 94.3. The van der Waals surface area contributed by atoms with Crippen molar-refractivity contribution in [1.29, 1.82) is 0 Å². The van der Waals surface area contributed by atoms with Crippen molar-refractivity contribution in [2.75, 3.05) is 65.3 Å². The Morgan fingerprint density at radius 2 is 0.698 bits per heavy atom. The lowest BCUT2D eigenvalue weighted by atomic mass is 9.99. The number of halogens is 1. The van der Waals surface area contributed by atoms with Gasteiger partial charge in [0.15, 0.2) is 52.8 Å². The lowest BCUT2D eigenvalue weighted by Crippen LogP contribution is -2.47. The second-order valence-electron chi connectivity index (χ2n) is 26.6. The molecule has 3 aliphatic rings. The molecule has 29 nitrogen and oxygen atoms in total. The second-order valence-corrected chi connectivity index (χ2v) is 102. The van der Waals surface area contributed by atoms with Crippen LogP contribution in [0, 0.1) is 11.8 Å². The zero-order valence-electron chi connectivity index (χ0n) is 68.8. The van der Waals surface area contributed by atoms with Crippen LogP contribution in [0.4, 0.5) is 31.8 Å². The minimum Gasteiger partial charge on any atom is -0.409 e. The third-order valence-corrected chi connectivity index (χ3v) is 105. The summed E-state index contributed by atoms with van der Waals surface area (Å²) in [5.41, 5.74) is 4.73. The molecule has 3 aromatic rings. The molecule has 6 rings (SSSR count). The van der Waals surface area contributed by atoms with Gasteiger partial charge in [0.2, 0.25) is 0 Å². The van der Waals surface area contributed by atoms with Gasteiger partial charge in [0, 0.05) is 458 Å². The summed E-state index contributed by atoms with van der Waals surface area (Å²) in [5, 5.41) is 37.2. The van der Waals surface area contributed by atoms with E-state index in [9.17, 15) is 39.0 Å². The number of hydrogen-bond donors (Lipinski definition) is 7. The molecule has 0 aliphatic carbocycles. The number of anilines is 3. The van der Waals surface area contributed by atoms with Crippen LogP contribution in [0.1, 0.15) is 108 Å². The van der Waals surface area contributed by atoms with E-state index in [4.69, 9.17) is 72.2 Å². The van der Waals surface area contributed by atoms with E-state index in [2.05, 4.69) is 149 Å². The van der Waals surface area contributed by atoms with Gasteiger partial charge in [0.1, 0.15) is 18.3 Å². The van der Waals surface area contributed by atoms with E-state index >= 15 is 0 Å². The smallest absolute Gasteiger partial charge is 0.409 e. The molecule has 730 valence electrons. The fraction of sp³-hybridized carbons (Fsp3) is 0.717. The number of aliphatic hydroxyl groups excluding tert-OH is 3. The Balaban J connectivity index is 0.00000162. The molecule has 0 aromatic carbocycles. The van der Waals surface area contributed by atoms with E-state index in [1.807, 2.05) is 210 Å². The molecule has 0 saturated carbocycles. The summed E-state index contributed by atoms with van der Waals surface area (Å²) in [7, 11) is 70.7. The summed E-state index contributed by atoms with van der Waals surface area (Å²) in [6, 6.07) is 4.43. The summed E-state index contributed by atoms with van der Waals surface area (Å²) in [6.45, 7) is 29.8. The van der Waals surface area contributed by atoms with E-state index in [-0.39, 0.29) is 71.2 Å². The Kier molecular flexibility index (Phi) is 76.4. The number of carbonyl (C=O) groups is 3. The van der Waals surface area contributed by atoms with Gasteiger partial charge in [-0.1, -0.05) is 76.7 Å². The van der Waals surface area contributed by atoms with Crippen molar-refractivity contribution < 1.29 is 67.6 Å². The normalized spacial score (nSPS) is 19.0. The third-order valence-electron chi connectivity index (χ3n) is 16.2. The molecule has 73 heteroatoms. The molecule has 3 fully saturated rings.